The number of non-ortho nitro benzene ring substituents is 1. The van der Waals surface area contributed by atoms with Crippen molar-refractivity contribution in [1.29, 1.82) is 0 Å². The normalized spacial score (nSPS) is 15.6. The number of aromatic nitrogens is 2. The van der Waals surface area contributed by atoms with Gasteiger partial charge in [-0.05, 0) is 24.8 Å². The number of imidazole rings is 1. The van der Waals surface area contributed by atoms with Crippen molar-refractivity contribution in [2.24, 2.45) is 5.92 Å². The zero-order valence-electron chi connectivity index (χ0n) is 12.0. The first kappa shape index (κ1) is 13.9. The molecule has 1 fully saturated rings. The van der Waals surface area contributed by atoms with Crippen LogP contribution >= 0.6 is 0 Å². The summed E-state index contributed by atoms with van der Waals surface area (Å²) in [6.07, 6.45) is 7.96. The molecule has 2 N–H and O–H groups in total. The molecule has 112 valence electrons. The lowest BCUT2D eigenvalue weighted by Crippen LogP contribution is -2.05. The molecule has 1 aromatic carbocycles. The highest BCUT2D eigenvalue weighted by Crippen LogP contribution is 2.28. The van der Waals surface area contributed by atoms with Crippen LogP contribution < -0.4 is 5.32 Å². The second-order valence-corrected chi connectivity index (χ2v) is 5.76. The van der Waals surface area contributed by atoms with Gasteiger partial charge < -0.3 is 10.3 Å². The number of fused-ring (bicyclic) bond motifs is 1. The second-order valence-electron chi connectivity index (χ2n) is 5.76. The summed E-state index contributed by atoms with van der Waals surface area (Å²) in [5.74, 6) is 1.60. The largest absolute Gasteiger partial charge is 0.356 e. The molecule has 0 unspecified atom stereocenters. The van der Waals surface area contributed by atoms with Gasteiger partial charge in [0.15, 0.2) is 0 Å². The van der Waals surface area contributed by atoms with Gasteiger partial charge in [0.25, 0.3) is 5.69 Å². The number of nitrogens with one attached hydrogen (secondary N) is 2. The molecular formula is C15H20N4O2. The number of nitrogens with zero attached hydrogens (tertiary/aromatic N) is 2. The summed E-state index contributed by atoms with van der Waals surface area (Å²) >= 11 is 0. The maximum Gasteiger partial charge on any atom is 0.271 e. The summed E-state index contributed by atoms with van der Waals surface area (Å²) in [7, 11) is 0. The lowest BCUT2D eigenvalue weighted by atomic mass is 10.0. The van der Waals surface area contributed by atoms with E-state index in [2.05, 4.69) is 15.3 Å². The van der Waals surface area contributed by atoms with E-state index < -0.39 is 4.92 Å². The van der Waals surface area contributed by atoms with Crippen LogP contribution in [0.25, 0.3) is 11.0 Å². The van der Waals surface area contributed by atoms with Gasteiger partial charge in [-0.2, -0.15) is 0 Å². The minimum Gasteiger partial charge on any atom is -0.356 e. The van der Waals surface area contributed by atoms with E-state index in [1.165, 1.54) is 44.2 Å². The van der Waals surface area contributed by atoms with Crippen molar-refractivity contribution in [2.75, 3.05) is 11.9 Å². The molecule has 1 heterocycles. The average Bonchev–Trinajstić information content (AvgIpc) is 3.11. The highest BCUT2D eigenvalue weighted by molar-refractivity contribution is 5.79. The van der Waals surface area contributed by atoms with E-state index in [0.29, 0.717) is 11.5 Å². The van der Waals surface area contributed by atoms with Gasteiger partial charge in [-0.15, -0.1) is 0 Å². The molecule has 6 nitrogen and oxygen atoms in total. The number of nitro benzene ring substituents is 1. The van der Waals surface area contributed by atoms with Gasteiger partial charge in [0.2, 0.25) is 5.95 Å². The van der Waals surface area contributed by atoms with E-state index in [1.54, 1.807) is 6.07 Å². The summed E-state index contributed by atoms with van der Waals surface area (Å²) in [6.45, 7) is 0.887. The molecule has 0 amide bonds. The van der Waals surface area contributed by atoms with Crippen LogP contribution in [0.2, 0.25) is 0 Å². The van der Waals surface area contributed by atoms with E-state index in [1.807, 2.05) is 0 Å². The van der Waals surface area contributed by atoms with Crippen LogP contribution in [0.4, 0.5) is 11.6 Å². The topological polar surface area (TPSA) is 83.8 Å². The van der Waals surface area contributed by atoms with Crippen LogP contribution in [0.15, 0.2) is 18.2 Å². The Morgan fingerprint density at radius 1 is 1.38 bits per heavy atom. The lowest BCUT2D eigenvalue weighted by molar-refractivity contribution is -0.384. The third kappa shape index (κ3) is 3.32. The van der Waals surface area contributed by atoms with Crippen molar-refractivity contribution in [3.8, 4) is 0 Å². The van der Waals surface area contributed by atoms with Crippen LogP contribution in [-0.4, -0.2) is 21.4 Å². The Balaban J connectivity index is 1.55. The number of rotatable bonds is 6. The van der Waals surface area contributed by atoms with E-state index in [0.717, 1.165) is 24.4 Å². The van der Waals surface area contributed by atoms with E-state index in [4.69, 9.17) is 0 Å². The van der Waals surface area contributed by atoms with E-state index in [9.17, 15) is 10.1 Å². The first-order valence-corrected chi connectivity index (χ1v) is 7.60. The number of benzene rings is 1. The fourth-order valence-electron chi connectivity index (χ4n) is 3.09. The lowest BCUT2D eigenvalue weighted by Gasteiger charge is -2.08. The maximum atomic E-state index is 10.7. The number of nitro groups is 1. The molecule has 0 radical (unpaired) electrons. The highest BCUT2D eigenvalue weighted by atomic mass is 16.6. The Morgan fingerprint density at radius 2 is 2.19 bits per heavy atom. The second kappa shape index (κ2) is 6.11. The van der Waals surface area contributed by atoms with Gasteiger partial charge in [0.05, 0.1) is 16.0 Å². The first-order valence-electron chi connectivity index (χ1n) is 7.60. The number of H-pyrrole nitrogens is 1. The van der Waals surface area contributed by atoms with E-state index in [-0.39, 0.29) is 5.69 Å². The number of hydrogen-bond acceptors (Lipinski definition) is 4. The minimum absolute atomic E-state index is 0.0823. The third-order valence-electron chi connectivity index (χ3n) is 4.23. The van der Waals surface area contributed by atoms with Crippen LogP contribution in [0.1, 0.15) is 38.5 Å². The SMILES string of the molecule is O=[N+]([O-])c1ccc2nc(NCCCC3CCCC3)[nH]c2c1. The third-order valence-corrected chi connectivity index (χ3v) is 4.23. The standard InChI is InChI=1S/C15H20N4O2/c20-19(21)12-7-8-13-14(10-12)18-15(17-13)16-9-3-6-11-4-1-2-5-11/h7-8,10-11H,1-6,9H2,(H2,16,17,18). The highest BCUT2D eigenvalue weighted by Gasteiger charge is 2.14. The zero-order valence-corrected chi connectivity index (χ0v) is 12.0. The summed E-state index contributed by atoms with van der Waals surface area (Å²) in [5.41, 5.74) is 1.53. The summed E-state index contributed by atoms with van der Waals surface area (Å²) in [5, 5.41) is 14.0. The molecule has 3 rings (SSSR count). The molecular weight excluding hydrogens is 268 g/mol. The minimum atomic E-state index is -0.394. The zero-order chi connectivity index (χ0) is 14.7. The molecule has 0 atom stereocenters. The van der Waals surface area contributed by atoms with Crippen molar-refractivity contribution < 1.29 is 4.92 Å². The van der Waals surface area contributed by atoms with Crippen molar-refractivity contribution >= 4 is 22.7 Å². The van der Waals surface area contributed by atoms with Gasteiger partial charge in [0.1, 0.15) is 0 Å². The molecule has 1 saturated carbocycles. The Kier molecular flexibility index (Phi) is 4.03. The molecule has 0 saturated heterocycles. The summed E-state index contributed by atoms with van der Waals surface area (Å²) in [6, 6.07) is 4.67. The van der Waals surface area contributed by atoms with Crippen LogP contribution in [0.3, 0.4) is 0 Å². The van der Waals surface area contributed by atoms with E-state index >= 15 is 0 Å². The Labute approximate surface area is 123 Å². The number of anilines is 1. The predicted molar refractivity (Wildman–Crippen MR) is 82.4 cm³/mol. The fraction of sp³-hybridized carbons (Fsp3) is 0.533. The van der Waals surface area contributed by atoms with Crippen molar-refractivity contribution in [2.45, 2.75) is 38.5 Å². The maximum absolute atomic E-state index is 10.7. The van der Waals surface area contributed by atoms with Gasteiger partial charge >= 0.3 is 0 Å². The number of hydrogen-bond donors (Lipinski definition) is 2. The fourth-order valence-corrected chi connectivity index (χ4v) is 3.09. The quantitative estimate of drug-likeness (QED) is 0.480. The molecule has 2 aromatic rings. The van der Waals surface area contributed by atoms with Gasteiger partial charge in [-0.25, -0.2) is 4.98 Å². The van der Waals surface area contributed by atoms with Crippen LogP contribution in [-0.2, 0) is 0 Å². The summed E-state index contributed by atoms with van der Waals surface area (Å²) < 4.78 is 0. The molecule has 1 aliphatic rings. The Bertz CT molecular complexity index is 632. The van der Waals surface area contributed by atoms with Gasteiger partial charge in [0, 0.05) is 18.7 Å². The molecule has 1 aliphatic carbocycles. The molecule has 21 heavy (non-hydrogen) atoms. The Morgan fingerprint density at radius 3 is 2.95 bits per heavy atom. The molecule has 0 aliphatic heterocycles. The average molecular weight is 288 g/mol. The first-order chi connectivity index (χ1) is 10.2. The molecule has 0 bridgehead atoms. The molecule has 6 heteroatoms. The van der Waals surface area contributed by atoms with Crippen molar-refractivity contribution in [1.82, 2.24) is 9.97 Å². The van der Waals surface area contributed by atoms with Crippen molar-refractivity contribution in [3.63, 3.8) is 0 Å². The smallest absolute Gasteiger partial charge is 0.271 e. The van der Waals surface area contributed by atoms with Gasteiger partial charge in [-0.3, -0.25) is 10.1 Å². The monoisotopic (exact) mass is 288 g/mol. The summed E-state index contributed by atoms with van der Waals surface area (Å²) in [4.78, 5) is 17.8. The van der Waals surface area contributed by atoms with Gasteiger partial charge in [-0.1, -0.05) is 25.7 Å². The predicted octanol–water partition coefficient (Wildman–Crippen LogP) is 3.85. The number of aromatic amines is 1. The molecule has 0 spiro atoms. The Hall–Kier alpha value is -2.11. The van der Waals surface area contributed by atoms with Crippen LogP contribution in [0.5, 0.6) is 0 Å². The molecule has 1 aromatic heterocycles. The van der Waals surface area contributed by atoms with Crippen LogP contribution in [0, 0.1) is 16.0 Å². The van der Waals surface area contributed by atoms with Crippen molar-refractivity contribution in [3.05, 3.63) is 28.3 Å².